The number of rotatable bonds is 5. The number of carboxylic acids is 1. The summed E-state index contributed by atoms with van der Waals surface area (Å²) in [6.45, 7) is 3.37. The van der Waals surface area contributed by atoms with Gasteiger partial charge in [-0.1, -0.05) is 0 Å². The van der Waals surface area contributed by atoms with Gasteiger partial charge in [0.1, 0.15) is 11.5 Å². The predicted molar refractivity (Wildman–Crippen MR) is 72.4 cm³/mol. The van der Waals surface area contributed by atoms with Crippen molar-refractivity contribution >= 4 is 21.9 Å². The number of benzene rings is 1. The molecule has 18 heavy (non-hydrogen) atoms. The lowest BCUT2D eigenvalue weighted by atomic mass is 9.85. The van der Waals surface area contributed by atoms with Crippen LogP contribution in [0.1, 0.15) is 19.4 Å². The van der Waals surface area contributed by atoms with Crippen LogP contribution in [0.3, 0.4) is 0 Å². The predicted octanol–water partition coefficient (Wildman–Crippen LogP) is 3.12. The summed E-state index contributed by atoms with van der Waals surface area (Å²) in [5, 5.41) is 9.18. The van der Waals surface area contributed by atoms with Crippen molar-refractivity contribution in [1.29, 1.82) is 0 Å². The largest absolute Gasteiger partial charge is 0.497 e. The number of methoxy groups -OCH3 is 2. The average molecular weight is 317 g/mol. The minimum atomic E-state index is -0.862. The average Bonchev–Trinajstić information content (AvgIpc) is 2.27. The van der Waals surface area contributed by atoms with Crippen LogP contribution in [0.2, 0.25) is 0 Å². The van der Waals surface area contributed by atoms with Gasteiger partial charge >= 0.3 is 5.97 Å². The maximum Gasteiger partial charge on any atom is 0.309 e. The highest BCUT2D eigenvalue weighted by Gasteiger charge is 2.29. The first kappa shape index (κ1) is 14.8. The smallest absolute Gasteiger partial charge is 0.309 e. The molecular formula is C13H17BrO4. The Labute approximate surface area is 115 Å². The molecule has 0 aliphatic heterocycles. The summed E-state index contributed by atoms with van der Waals surface area (Å²) in [5.41, 5.74) is -0.0601. The van der Waals surface area contributed by atoms with Gasteiger partial charge in [-0.05, 0) is 48.3 Å². The fourth-order valence-corrected chi connectivity index (χ4v) is 2.29. The number of ether oxygens (including phenoxy) is 2. The van der Waals surface area contributed by atoms with E-state index in [4.69, 9.17) is 9.47 Å². The SMILES string of the molecule is COc1cc(Br)c(OC)c(CC(C)(C)C(=O)O)c1. The summed E-state index contributed by atoms with van der Waals surface area (Å²) in [5.74, 6) is 0.465. The van der Waals surface area contributed by atoms with E-state index in [1.165, 1.54) is 0 Å². The van der Waals surface area contributed by atoms with Gasteiger partial charge in [-0.25, -0.2) is 0 Å². The Morgan fingerprint density at radius 3 is 2.39 bits per heavy atom. The molecule has 5 heteroatoms. The van der Waals surface area contributed by atoms with Crippen molar-refractivity contribution in [2.24, 2.45) is 5.41 Å². The number of hydrogen-bond acceptors (Lipinski definition) is 3. The zero-order valence-corrected chi connectivity index (χ0v) is 12.5. The summed E-state index contributed by atoms with van der Waals surface area (Å²) in [4.78, 5) is 11.2. The van der Waals surface area contributed by atoms with Crippen molar-refractivity contribution in [1.82, 2.24) is 0 Å². The van der Waals surface area contributed by atoms with Crippen LogP contribution < -0.4 is 9.47 Å². The summed E-state index contributed by atoms with van der Waals surface area (Å²) in [7, 11) is 3.13. The highest BCUT2D eigenvalue weighted by atomic mass is 79.9. The quantitative estimate of drug-likeness (QED) is 0.906. The molecule has 1 aromatic carbocycles. The van der Waals surface area contributed by atoms with Gasteiger partial charge < -0.3 is 14.6 Å². The van der Waals surface area contributed by atoms with Gasteiger partial charge in [0.25, 0.3) is 0 Å². The van der Waals surface area contributed by atoms with Gasteiger partial charge in [0.05, 0.1) is 24.1 Å². The van der Waals surface area contributed by atoms with Crippen molar-refractivity contribution in [3.8, 4) is 11.5 Å². The lowest BCUT2D eigenvalue weighted by molar-refractivity contribution is -0.146. The summed E-state index contributed by atoms with van der Waals surface area (Å²) in [6.07, 6.45) is 0.362. The number of carboxylic acid groups (broad SMARTS) is 1. The van der Waals surface area contributed by atoms with Gasteiger partial charge in [0, 0.05) is 5.56 Å². The van der Waals surface area contributed by atoms with E-state index in [2.05, 4.69) is 15.9 Å². The number of hydrogen-bond donors (Lipinski definition) is 1. The summed E-state index contributed by atoms with van der Waals surface area (Å²) in [6, 6.07) is 3.59. The second-order valence-electron chi connectivity index (χ2n) is 4.67. The molecule has 0 heterocycles. The van der Waals surface area contributed by atoms with Crippen molar-refractivity contribution < 1.29 is 19.4 Å². The Morgan fingerprint density at radius 1 is 1.33 bits per heavy atom. The molecule has 0 amide bonds. The third kappa shape index (κ3) is 3.16. The molecule has 1 N–H and O–H groups in total. The lowest BCUT2D eigenvalue weighted by Gasteiger charge is -2.21. The van der Waals surface area contributed by atoms with E-state index < -0.39 is 11.4 Å². The van der Waals surface area contributed by atoms with E-state index in [9.17, 15) is 9.90 Å². The van der Waals surface area contributed by atoms with E-state index >= 15 is 0 Å². The molecular weight excluding hydrogens is 300 g/mol. The van der Waals surface area contributed by atoms with Crippen molar-refractivity contribution in [2.45, 2.75) is 20.3 Å². The van der Waals surface area contributed by atoms with E-state index in [0.29, 0.717) is 17.9 Å². The summed E-state index contributed by atoms with van der Waals surface area (Å²) >= 11 is 3.39. The highest BCUT2D eigenvalue weighted by molar-refractivity contribution is 9.10. The number of aliphatic carboxylic acids is 1. The molecule has 0 unspecified atom stereocenters. The monoisotopic (exact) mass is 316 g/mol. The van der Waals surface area contributed by atoms with Crippen LogP contribution in [0.5, 0.6) is 11.5 Å². The first-order valence-electron chi connectivity index (χ1n) is 5.45. The second kappa shape index (κ2) is 5.61. The minimum absolute atomic E-state index is 0.362. The minimum Gasteiger partial charge on any atom is -0.497 e. The summed E-state index contributed by atoms with van der Waals surface area (Å²) < 4.78 is 11.2. The molecule has 0 saturated carbocycles. The van der Waals surface area contributed by atoms with Crippen LogP contribution in [0, 0.1) is 5.41 Å². The third-order valence-electron chi connectivity index (χ3n) is 2.75. The zero-order valence-electron chi connectivity index (χ0n) is 10.9. The van der Waals surface area contributed by atoms with E-state index in [1.54, 1.807) is 40.2 Å². The Morgan fingerprint density at radius 2 is 1.94 bits per heavy atom. The van der Waals surface area contributed by atoms with Crippen LogP contribution in [0.25, 0.3) is 0 Å². The molecule has 0 spiro atoms. The van der Waals surface area contributed by atoms with Gasteiger partial charge in [-0.3, -0.25) is 4.79 Å². The molecule has 0 atom stereocenters. The maximum absolute atomic E-state index is 11.2. The number of halogens is 1. The van der Waals surface area contributed by atoms with E-state index in [-0.39, 0.29) is 0 Å². The molecule has 0 aliphatic rings. The van der Waals surface area contributed by atoms with E-state index in [0.717, 1.165) is 10.0 Å². The molecule has 1 rings (SSSR count). The first-order valence-corrected chi connectivity index (χ1v) is 6.25. The molecule has 0 fully saturated rings. The van der Waals surface area contributed by atoms with Gasteiger partial charge in [0.2, 0.25) is 0 Å². The van der Waals surface area contributed by atoms with Gasteiger partial charge in [-0.2, -0.15) is 0 Å². The van der Waals surface area contributed by atoms with Crippen molar-refractivity contribution in [3.05, 3.63) is 22.2 Å². The van der Waals surface area contributed by atoms with Crippen LogP contribution in [-0.2, 0) is 11.2 Å². The van der Waals surface area contributed by atoms with Crippen LogP contribution in [0.15, 0.2) is 16.6 Å². The Kier molecular flexibility index (Phi) is 4.62. The molecule has 0 aliphatic carbocycles. The second-order valence-corrected chi connectivity index (χ2v) is 5.52. The molecule has 0 saturated heterocycles. The van der Waals surface area contributed by atoms with E-state index in [1.807, 2.05) is 0 Å². The Hall–Kier alpha value is -1.23. The fourth-order valence-electron chi connectivity index (χ4n) is 1.65. The fraction of sp³-hybridized carbons (Fsp3) is 0.462. The maximum atomic E-state index is 11.2. The molecule has 100 valence electrons. The number of carbonyl (C=O) groups is 1. The standard InChI is InChI=1S/C13H17BrO4/c1-13(2,12(15)16)7-8-5-9(17-3)6-10(14)11(8)18-4/h5-6H,7H2,1-4H3,(H,15,16). The Balaban J connectivity index is 3.22. The molecule has 0 radical (unpaired) electrons. The molecule has 0 bridgehead atoms. The molecule has 4 nitrogen and oxygen atoms in total. The lowest BCUT2D eigenvalue weighted by Crippen LogP contribution is -2.26. The van der Waals surface area contributed by atoms with Crippen molar-refractivity contribution in [3.63, 3.8) is 0 Å². The van der Waals surface area contributed by atoms with Crippen LogP contribution in [0.4, 0.5) is 0 Å². The van der Waals surface area contributed by atoms with Crippen LogP contribution in [-0.4, -0.2) is 25.3 Å². The third-order valence-corrected chi connectivity index (χ3v) is 3.33. The highest BCUT2D eigenvalue weighted by Crippen LogP contribution is 2.37. The first-order chi connectivity index (χ1) is 8.31. The van der Waals surface area contributed by atoms with Crippen molar-refractivity contribution in [2.75, 3.05) is 14.2 Å². The molecule has 1 aromatic rings. The van der Waals surface area contributed by atoms with Crippen LogP contribution >= 0.6 is 15.9 Å². The topological polar surface area (TPSA) is 55.8 Å². The van der Waals surface area contributed by atoms with Gasteiger partial charge in [0.15, 0.2) is 0 Å². The van der Waals surface area contributed by atoms with Gasteiger partial charge in [-0.15, -0.1) is 0 Å². The Bertz CT molecular complexity index is 455. The normalized spacial score (nSPS) is 11.2. The zero-order chi connectivity index (χ0) is 13.9. The molecule has 0 aromatic heterocycles.